The molecule has 1 saturated heterocycles. The minimum atomic E-state index is -0.861. The molecule has 104 valence electrons. The second-order valence-corrected chi connectivity index (χ2v) is 4.58. The van der Waals surface area contributed by atoms with E-state index in [1.807, 2.05) is 0 Å². The number of nitrogen functional groups attached to an aromatic ring is 1. The molecule has 1 amide bonds. The molecular weight excluding hydrogens is 254 g/mol. The van der Waals surface area contributed by atoms with Crippen LogP contribution < -0.4 is 5.73 Å². The fourth-order valence-corrected chi connectivity index (χ4v) is 2.23. The average molecular weight is 270 g/mol. The number of nitrogens with two attached hydrogens (primary N) is 1. The maximum atomic E-state index is 13.8. The number of amides is 1. The summed E-state index contributed by atoms with van der Waals surface area (Å²) in [6.07, 6.45) is 1.50. The molecule has 1 fully saturated rings. The summed E-state index contributed by atoms with van der Waals surface area (Å²) in [5.41, 5.74) is 4.66. The van der Waals surface area contributed by atoms with Crippen molar-refractivity contribution in [3.05, 3.63) is 29.3 Å². The molecular formula is C13H16F2N2O2. The van der Waals surface area contributed by atoms with Crippen LogP contribution in [0.25, 0.3) is 0 Å². The summed E-state index contributed by atoms with van der Waals surface area (Å²) in [5, 5.41) is 0. The second-order valence-electron chi connectivity index (χ2n) is 4.58. The van der Waals surface area contributed by atoms with Gasteiger partial charge in [0, 0.05) is 20.2 Å². The van der Waals surface area contributed by atoms with Crippen molar-refractivity contribution in [1.82, 2.24) is 4.90 Å². The Bertz CT molecular complexity index is 486. The molecule has 4 nitrogen and oxygen atoms in total. The average Bonchev–Trinajstić information content (AvgIpc) is 2.42. The number of methoxy groups -OCH3 is 1. The van der Waals surface area contributed by atoms with E-state index in [1.54, 1.807) is 7.11 Å². The molecule has 0 saturated carbocycles. The Balaban J connectivity index is 2.17. The minimum Gasteiger partial charge on any atom is -0.396 e. The van der Waals surface area contributed by atoms with E-state index in [0.29, 0.717) is 25.9 Å². The number of hydrogen-bond acceptors (Lipinski definition) is 3. The van der Waals surface area contributed by atoms with E-state index in [9.17, 15) is 13.6 Å². The van der Waals surface area contributed by atoms with Crippen LogP contribution in [0.4, 0.5) is 14.5 Å². The number of nitrogens with zero attached hydrogens (tertiary/aromatic N) is 1. The van der Waals surface area contributed by atoms with Gasteiger partial charge in [0.1, 0.15) is 5.82 Å². The molecule has 1 aromatic carbocycles. The quantitative estimate of drug-likeness (QED) is 0.834. The molecule has 1 aromatic rings. The molecule has 1 aliphatic rings. The van der Waals surface area contributed by atoms with Gasteiger partial charge in [-0.05, 0) is 25.0 Å². The van der Waals surface area contributed by atoms with Crippen molar-refractivity contribution < 1.29 is 18.3 Å². The molecule has 2 rings (SSSR count). The van der Waals surface area contributed by atoms with Crippen LogP contribution in [0.5, 0.6) is 0 Å². The first-order chi connectivity index (χ1) is 9.02. The van der Waals surface area contributed by atoms with Gasteiger partial charge in [-0.15, -0.1) is 0 Å². The molecule has 0 radical (unpaired) electrons. The zero-order chi connectivity index (χ0) is 14.0. The number of anilines is 1. The topological polar surface area (TPSA) is 55.6 Å². The van der Waals surface area contributed by atoms with Gasteiger partial charge in [-0.1, -0.05) is 0 Å². The number of carbonyl (C=O) groups excluding carboxylic acids is 1. The Hall–Kier alpha value is -1.69. The fraction of sp³-hybridized carbons (Fsp3) is 0.462. The number of likely N-dealkylation sites (tertiary alicyclic amines) is 1. The minimum absolute atomic E-state index is 0.117. The molecule has 2 N–H and O–H groups in total. The Morgan fingerprint density at radius 3 is 2.58 bits per heavy atom. The lowest BCUT2D eigenvalue weighted by Crippen LogP contribution is -2.41. The normalized spacial score (nSPS) is 16.7. The van der Waals surface area contributed by atoms with Crippen molar-refractivity contribution in [3.8, 4) is 0 Å². The van der Waals surface area contributed by atoms with Crippen molar-refractivity contribution >= 4 is 11.6 Å². The SMILES string of the molecule is COC1CCN(C(=O)c2cc(F)cc(N)c2F)CC1. The van der Waals surface area contributed by atoms with Gasteiger partial charge >= 0.3 is 0 Å². The third-order valence-corrected chi connectivity index (χ3v) is 3.36. The number of benzene rings is 1. The lowest BCUT2D eigenvalue weighted by molar-refractivity contribution is 0.0348. The lowest BCUT2D eigenvalue weighted by atomic mass is 10.1. The monoisotopic (exact) mass is 270 g/mol. The predicted molar refractivity (Wildman–Crippen MR) is 66.7 cm³/mol. The summed E-state index contributed by atoms with van der Waals surface area (Å²) in [7, 11) is 1.62. The number of carbonyl (C=O) groups is 1. The van der Waals surface area contributed by atoms with E-state index in [1.165, 1.54) is 4.90 Å². The number of rotatable bonds is 2. The molecule has 0 atom stereocenters. The highest BCUT2D eigenvalue weighted by atomic mass is 19.1. The molecule has 0 unspecified atom stereocenters. The van der Waals surface area contributed by atoms with Crippen molar-refractivity contribution in [3.63, 3.8) is 0 Å². The van der Waals surface area contributed by atoms with Gasteiger partial charge in [0.15, 0.2) is 5.82 Å². The summed E-state index contributed by atoms with van der Waals surface area (Å²) in [6.45, 7) is 0.931. The van der Waals surface area contributed by atoms with Crippen molar-refractivity contribution in [2.24, 2.45) is 0 Å². The van der Waals surface area contributed by atoms with Gasteiger partial charge < -0.3 is 15.4 Å². The van der Waals surface area contributed by atoms with Crippen LogP contribution in [0.2, 0.25) is 0 Å². The molecule has 6 heteroatoms. The first-order valence-corrected chi connectivity index (χ1v) is 6.09. The van der Waals surface area contributed by atoms with Crippen molar-refractivity contribution in [1.29, 1.82) is 0 Å². The van der Waals surface area contributed by atoms with Crippen LogP contribution in [0, 0.1) is 11.6 Å². The first kappa shape index (κ1) is 13.7. The number of ether oxygens (including phenoxy) is 1. The molecule has 0 aromatic heterocycles. The van der Waals surface area contributed by atoms with Crippen LogP contribution in [0.3, 0.4) is 0 Å². The van der Waals surface area contributed by atoms with E-state index < -0.39 is 17.5 Å². The summed E-state index contributed by atoms with van der Waals surface area (Å²) in [4.78, 5) is 13.6. The van der Waals surface area contributed by atoms with E-state index in [-0.39, 0.29) is 17.4 Å². The Labute approximate surface area is 110 Å². The number of halogens is 2. The molecule has 1 heterocycles. The lowest BCUT2D eigenvalue weighted by Gasteiger charge is -2.31. The highest BCUT2D eigenvalue weighted by molar-refractivity contribution is 5.95. The third kappa shape index (κ3) is 2.84. The van der Waals surface area contributed by atoms with Gasteiger partial charge in [-0.25, -0.2) is 8.78 Å². The standard InChI is InChI=1S/C13H16F2N2O2/c1-19-9-2-4-17(5-3-9)13(18)10-6-8(14)7-11(16)12(10)15/h6-7,9H,2-5,16H2,1H3. The first-order valence-electron chi connectivity index (χ1n) is 6.09. The largest absolute Gasteiger partial charge is 0.396 e. The third-order valence-electron chi connectivity index (χ3n) is 3.36. The Morgan fingerprint density at radius 1 is 1.37 bits per heavy atom. The molecule has 1 aliphatic heterocycles. The number of hydrogen-bond donors (Lipinski definition) is 1. The van der Waals surface area contributed by atoms with Gasteiger partial charge in [0.25, 0.3) is 5.91 Å². The van der Waals surface area contributed by atoms with Gasteiger partial charge in [0.05, 0.1) is 17.4 Å². The van der Waals surface area contributed by atoms with Gasteiger partial charge in [-0.3, -0.25) is 4.79 Å². The van der Waals surface area contributed by atoms with Crippen LogP contribution in [-0.4, -0.2) is 37.1 Å². The van der Waals surface area contributed by atoms with E-state index >= 15 is 0 Å². The van der Waals surface area contributed by atoms with Crippen molar-refractivity contribution in [2.45, 2.75) is 18.9 Å². The van der Waals surface area contributed by atoms with Crippen LogP contribution in [-0.2, 0) is 4.74 Å². The number of piperidine rings is 1. The summed E-state index contributed by atoms with van der Waals surface area (Å²) in [6, 6.07) is 1.75. The van der Waals surface area contributed by atoms with Gasteiger partial charge in [-0.2, -0.15) is 0 Å². The van der Waals surface area contributed by atoms with Crippen LogP contribution in [0.1, 0.15) is 23.2 Å². The van der Waals surface area contributed by atoms with E-state index in [4.69, 9.17) is 10.5 Å². The summed E-state index contributed by atoms with van der Waals surface area (Å²) >= 11 is 0. The molecule has 19 heavy (non-hydrogen) atoms. The highest BCUT2D eigenvalue weighted by Crippen LogP contribution is 2.21. The summed E-state index contributed by atoms with van der Waals surface area (Å²) in [5.74, 6) is -2.10. The van der Waals surface area contributed by atoms with E-state index in [2.05, 4.69) is 0 Å². The highest BCUT2D eigenvalue weighted by Gasteiger charge is 2.26. The zero-order valence-corrected chi connectivity index (χ0v) is 10.7. The van der Waals surface area contributed by atoms with Crippen LogP contribution in [0.15, 0.2) is 12.1 Å². The van der Waals surface area contributed by atoms with Gasteiger partial charge in [0.2, 0.25) is 0 Å². The van der Waals surface area contributed by atoms with E-state index in [0.717, 1.165) is 12.1 Å². The predicted octanol–water partition coefficient (Wildman–Crippen LogP) is 1.80. The Kier molecular flexibility index (Phi) is 3.99. The van der Waals surface area contributed by atoms with Crippen LogP contribution >= 0.6 is 0 Å². The zero-order valence-electron chi connectivity index (χ0n) is 10.7. The second kappa shape index (κ2) is 5.52. The maximum absolute atomic E-state index is 13.8. The van der Waals surface area contributed by atoms with Crippen molar-refractivity contribution in [2.75, 3.05) is 25.9 Å². The summed E-state index contributed by atoms with van der Waals surface area (Å²) < 4.78 is 32.2. The maximum Gasteiger partial charge on any atom is 0.257 e. The molecule has 0 bridgehead atoms. The Morgan fingerprint density at radius 2 is 2.00 bits per heavy atom. The molecule has 0 aliphatic carbocycles. The smallest absolute Gasteiger partial charge is 0.257 e. The fourth-order valence-electron chi connectivity index (χ4n) is 2.23. The molecule has 0 spiro atoms.